The van der Waals surface area contributed by atoms with E-state index in [9.17, 15) is 4.79 Å². The third-order valence-corrected chi connectivity index (χ3v) is 3.53. The van der Waals surface area contributed by atoms with Crippen molar-refractivity contribution in [2.24, 2.45) is 5.73 Å². The lowest BCUT2D eigenvalue weighted by Gasteiger charge is -2.31. The van der Waals surface area contributed by atoms with Crippen LogP contribution in [0.2, 0.25) is 0 Å². The van der Waals surface area contributed by atoms with Crippen LogP contribution in [0.25, 0.3) is 11.0 Å². The van der Waals surface area contributed by atoms with Gasteiger partial charge in [0, 0.05) is 26.2 Å². The third kappa shape index (κ3) is 2.72. The zero-order valence-electron chi connectivity index (χ0n) is 11.2. The van der Waals surface area contributed by atoms with Gasteiger partial charge < -0.3 is 15.5 Å². The number of ether oxygens (including phenoxy) is 1. The zero-order valence-corrected chi connectivity index (χ0v) is 11.2. The van der Waals surface area contributed by atoms with Gasteiger partial charge in [0.25, 0.3) is 5.56 Å². The summed E-state index contributed by atoms with van der Waals surface area (Å²) in [5.74, 6) is 0. The normalized spacial score (nSPS) is 20.4. The number of fused-ring (bicyclic) bond motifs is 1. The summed E-state index contributed by atoms with van der Waals surface area (Å²) < 4.78 is 5.52. The fourth-order valence-electron chi connectivity index (χ4n) is 2.45. The summed E-state index contributed by atoms with van der Waals surface area (Å²) in [5.41, 5.74) is 7.62. The molecule has 0 saturated carbocycles. The van der Waals surface area contributed by atoms with Gasteiger partial charge >= 0.3 is 0 Å². The molecule has 1 atom stereocenters. The van der Waals surface area contributed by atoms with Crippen LogP contribution in [0.1, 0.15) is 5.69 Å². The first kappa shape index (κ1) is 13.2. The minimum absolute atomic E-state index is 0.0447. The van der Waals surface area contributed by atoms with E-state index in [1.807, 2.05) is 24.3 Å². The Bertz CT molecular complexity index is 655. The number of H-pyrrole nitrogens is 1. The third-order valence-electron chi connectivity index (χ3n) is 3.53. The van der Waals surface area contributed by atoms with Crippen LogP contribution >= 0.6 is 0 Å². The molecule has 106 valence electrons. The number of morpholine rings is 1. The fourth-order valence-corrected chi connectivity index (χ4v) is 2.45. The molecule has 1 aliphatic rings. The number of benzene rings is 1. The largest absolute Gasteiger partial charge is 0.374 e. The minimum Gasteiger partial charge on any atom is -0.374 e. The summed E-state index contributed by atoms with van der Waals surface area (Å²) >= 11 is 0. The number of hydrogen-bond acceptors (Lipinski definition) is 5. The van der Waals surface area contributed by atoms with Crippen molar-refractivity contribution in [3.05, 3.63) is 40.3 Å². The molecule has 1 aromatic carbocycles. The van der Waals surface area contributed by atoms with E-state index in [1.165, 1.54) is 0 Å². The van der Waals surface area contributed by atoms with Gasteiger partial charge in [-0.2, -0.15) is 0 Å². The standard InChI is InChI=1S/C14H18N4O2/c15-7-10-8-18(5-6-20-10)9-13-14(19)17-12-4-2-1-3-11(12)16-13/h1-4,10H,5-9,15H2,(H,17,19). The van der Waals surface area contributed by atoms with Crippen LogP contribution in [0.4, 0.5) is 0 Å². The number of nitrogens with two attached hydrogens (primary N) is 1. The highest BCUT2D eigenvalue weighted by Gasteiger charge is 2.20. The highest BCUT2D eigenvalue weighted by molar-refractivity contribution is 5.73. The Labute approximate surface area is 116 Å². The van der Waals surface area contributed by atoms with E-state index in [2.05, 4.69) is 14.9 Å². The maximum absolute atomic E-state index is 12.1. The molecule has 1 saturated heterocycles. The Morgan fingerprint density at radius 1 is 1.45 bits per heavy atom. The van der Waals surface area contributed by atoms with Crippen LogP contribution in [0.5, 0.6) is 0 Å². The number of para-hydroxylation sites is 2. The predicted octanol–water partition coefficient (Wildman–Crippen LogP) is 0.0826. The van der Waals surface area contributed by atoms with Gasteiger partial charge in [0.05, 0.1) is 23.7 Å². The highest BCUT2D eigenvalue weighted by atomic mass is 16.5. The average molecular weight is 274 g/mol. The Morgan fingerprint density at radius 2 is 2.30 bits per heavy atom. The zero-order chi connectivity index (χ0) is 13.9. The van der Waals surface area contributed by atoms with E-state index in [1.54, 1.807) is 0 Å². The van der Waals surface area contributed by atoms with Gasteiger partial charge in [0.1, 0.15) is 5.69 Å². The lowest BCUT2D eigenvalue weighted by atomic mass is 10.2. The van der Waals surface area contributed by atoms with E-state index in [-0.39, 0.29) is 11.7 Å². The van der Waals surface area contributed by atoms with E-state index in [0.717, 1.165) is 24.1 Å². The molecule has 0 bridgehead atoms. The lowest BCUT2D eigenvalue weighted by Crippen LogP contribution is -2.45. The van der Waals surface area contributed by atoms with E-state index < -0.39 is 0 Å². The van der Waals surface area contributed by atoms with Gasteiger partial charge in [-0.05, 0) is 12.1 Å². The predicted molar refractivity (Wildman–Crippen MR) is 76.4 cm³/mol. The van der Waals surface area contributed by atoms with Gasteiger partial charge in [-0.15, -0.1) is 0 Å². The van der Waals surface area contributed by atoms with Gasteiger partial charge in [-0.3, -0.25) is 9.69 Å². The Morgan fingerprint density at radius 3 is 3.15 bits per heavy atom. The number of aromatic amines is 1. The molecule has 2 heterocycles. The minimum atomic E-state index is -0.125. The summed E-state index contributed by atoms with van der Waals surface area (Å²) in [4.78, 5) is 21.6. The molecule has 1 unspecified atom stereocenters. The van der Waals surface area contributed by atoms with Crippen molar-refractivity contribution in [3.63, 3.8) is 0 Å². The first-order valence-electron chi connectivity index (χ1n) is 6.78. The van der Waals surface area contributed by atoms with E-state index in [4.69, 9.17) is 10.5 Å². The number of nitrogens with one attached hydrogen (secondary N) is 1. The molecular weight excluding hydrogens is 256 g/mol. The fraction of sp³-hybridized carbons (Fsp3) is 0.429. The van der Waals surface area contributed by atoms with Crippen LogP contribution in [0.15, 0.2) is 29.1 Å². The molecule has 0 amide bonds. The lowest BCUT2D eigenvalue weighted by molar-refractivity contribution is -0.0265. The second-order valence-corrected chi connectivity index (χ2v) is 4.99. The summed E-state index contributed by atoms with van der Waals surface area (Å²) in [5, 5.41) is 0. The van der Waals surface area contributed by atoms with Gasteiger partial charge in [-0.1, -0.05) is 12.1 Å². The number of hydrogen-bond donors (Lipinski definition) is 2. The average Bonchev–Trinajstić information content (AvgIpc) is 2.48. The molecule has 6 nitrogen and oxygen atoms in total. The van der Waals surface area contributed by atoms with Crippen molar-refractivity contribution in [1.82, 2.24) is 14.9 Å². The van der Waals surface area contributed by atoms with Crippen molar-refractivity contribution < 1.29 is 4.74 Å². The molecule has 3 N–H and O–H groups in total. The van der Waals surface area contributed by atoms with Gasteiger partial charge in [0.2, 0.25) is 0 Å². The van der Waals surface area contributed by atoms with Crippen LogP contribution in [0.3, 0.4) is 0 Å². The summed E-state index contributed by atoms with van der Waals surface area (Å²) in [6.07, 6.45) is 0.0447. The SMILES string of the molecule is NCC1CN(Cc2nc3ccccc3[nH]c2=O)CCO1. The van der Waals surface area contributed by atoms with Crippen LogP contribution in [-0.4, -0.2) is 47.2 Å². The summed E-state index contributed by atoms with van der Waals surface area (Å²) in [7, 11) is 0. The molecule has 3 rings (SSSR count). The van der Waals surface area contributed by atoms with Crippen molar-refractivity contribution >= 4 is 11.0 Å². The van der Waals surface area contributed by atoms with Crippen molar-refractivity contribution in [3.8, 4) is 0 Å². The van der Waals surface area contributed by atoms with Gasteiger partial charge in [0.15, 0.2) is 0 Å². The van der Waals surface area contributed by atoms with E-state index in [0.29, 0.717) is 25.4 Å². The molecule has 1 aromatic heterocycles. The first-order chi connectivity index (χ1) is 9.76. The molecule has 0 spiro atoms. The number of aromatic nitrogens is 2. The molecule has 6 heteroatoms. The Balaban J connectivity index is 1.83. The number of nitrogens with zero attached hydrogens (tertiary/aromatic N) is 2. The molecular formula is C14H18N4O2. The molecule has 20 heavy (non-hydrogen) atoms. The molecule has 2 aromatic rings. The van der Waals surface area contributed by atoms with Crippen molar-refractivity contribution in [2.45, 2.75) is 12.6 Å². The highest BCUT2D eigenvalue weighted by Crippen LogP contribution is 2.09. The second kappa shape index (κ2) is 5.70. The van der Waals surface area contributed by atoms with Crippen LogP contribution in [-0.2, 0) is 11.3 Å². The molecule has 0 aliphatic carbocycles. The topological polar surface area (TPSA) is 84.2 Å². The maximum Gasteiger partial charge on any atom is 0.271 e. The van der Waals surface area contributed by atoms with E-state index >= 15 is 0 Å². The Kier molecular flexibility index (Phi) is 3.77. The number of rotatable bonds is 3. The van der Waals surface area contributed by atoms with Crippen molar-refractivity contribution in [2.75, 3.05) is 26.2 Å². The quantitative estimate of drug-likeness (QED) is 0.828. The summed E-state index contributed by atoms with van der Waals surface area (Å²) in [6, 6.07) is 7.55. The molecule has 1 aliphatic heterocycles. The van der Waals surface area contributed by atoms with Crippen molar-refractivity contribution in [1.29, 1.82) is 0 Å². The molecule has 1 fully saturated rings. The monoisotopic (exact) mass is 274 g/mol. The Hall–Kier alpha value is -1.76. The molecule has 0 radical (unpaired) electrons. The first-order valence-corrected chi connectivity index (χ1v) is 6.78. The van der Waals surface area contributed by atoms with Crippen LogP contribution < -0.4 is 11.3 Å². The van der Waals surface area contributed by atoms with Gasteiger partial charge in [-0.25, -0.2) is 4.98 Å². The second-order valence-electron chi connectivity index (χ2n) is 4.99. The summed E-state index contributed by atoms with van der Waals surface area (Å²) in [6.45, 7) is 3.21. The smallest absolute Gasteiger partial charge is 0.271 e. The van der Waals surface area contributed by atoms with Crippen LogP contribution in [0, 0.1) is 0 Å². The maximum atomic E-state index is 12.1.